The second-order valence-electron chi connectivity index (χ2n) is 12.4. The number of hydrogen-bond acceptors (Lipinski definition) is 7. The molecule has 9 heteroatoms. The van der Waals surface area contributed by atoms with Crippen LogP contribution in [0.1, 0.15) is 73.1 Å². The second-order valence-corrected chi connectivity index (χ2v) is 14.1. The molecule has 0 radical (unpaired) electrons. The maximum absolute atomic E-state index is 13.6. The molecule has 1 amide bonds. The molecule has 8 nitrogen and oxygen atoms in total. The zero-order chi connectivity index (χ0) is 27.1. The summed E-state index contributed by atoms with van der Waals surface area (Å²) in [5.41, 5.74) is -2.11. The molecule has 0 aromatic heterocycles. The van der Waals surface area contributed by atoms with E-state index < -0.39 is 39.3 Å². The number of amides is 1. The van der Waals surface area contributed by atoms with Crippen LogP contribution in [0.15, 0.2) is 23.5 Å². The van der Waals surface area contributed by atoms with Gasteiger partial charge in [-0.1, -0.05) is 12.5 Å². The third-order valence-electron chi connectivity index (χ3n) is 10.6. The van der Waals surface area contributed by atoms with Crippen molar-refractivity contribution in [2.75, 3.05) is 5.75 Å². The highest BCUT2D eigenvalue weighted by Gasteiger charge is 2.70. The normalized spacial score (nSPS) is 42.2. The van der Waals surface area contributed by atoms with E-state index in [0.29, 0.717) is 31.4 Å². The maximum atomic E-state index is 13.6. The molecule has 0 aromatic rings. The molecule has 1 heterocycles. The Hall–Kier alpha value is -2.29. The lowest BCUT2D eigenvalue weighted by Crippen LogP contribution is -2.61. The van der Waals surface area contributed by atoms with E-state index in [9.17, 15) is 29.4 Å². The number of carbonyl (C=O) groups is 4. The van der Waals surface area contributed by atoms with Crippen LogP contribution >= 0.6 is 11.8 Å². The number of aliphatic hydroxyl groups excluding tert-OH is 1. The van der Waals surface area contributed by atoms with Gasteiger partial charge >= 0.3 is 11.9 Å². The summed E-state index contributed by atoms with van der Waals surface area (Å²) in [4.78, 5) is 51.9. The van der Waals surface area contributed by atoms with Gasteiger partial charge in [0, 0.05) is 29.6 Å². The van der Waals surface area contributed by atoms with Crippen molar-refractivity contribution in [3.05, 3.63) is 23.5 Å². The van der Waals surface area contributed by atoms with E-state index in [2.05, 4.69) is 0 Å². The van der Waals surface area contributed by atoms with E-state index in [4.69, 9.17) is 4.74 Å². The number of carbonyl (C=O) groups excluding carboxylic acids is 3. The molecular weight excluding hydrogens is 494 g/mol. The van der Waals surface area contributed by atoms with Crippen molar-refractivity contribution in [3.63, 3.8) is 0 Å². The minimum absolute atomic E-state index is 0.00254. The van der Waals surface area contributed by atoms with Crippen molar-refractivity contribution in [1.82, 2.24) is 4.90 Å². The summed E-state index contributed by atoms with van der Waals surface area (Å²) < 4.78 is 6.07. The maximum Gasteiger partial charge on any atom is 0.348 e. The van der Waals surface area contributed by atoms with Crippen molar-refractivity contribution in [2.24, 2.45) is 28.6 Å². The molecule has 37 heavy (non-hydrogen) atoms. The van der Waals surface area contributed by atoms with Gasteiger partial charge in [-0.25, -0.2) is 9.59 Å². The van der Waals surface area contributed by atoms with E-state index >= 15 is 0 Å². The highest BCUT2D eigenvalue weighted by molar-refractivity contribution is 8.00. The van der Waals surface area contributed by atoms with Gasteiger partial charge < -0.3 is 19.8 Å². The zero-order valence-corrected chi connectivity index (χ0v) is 23.0. The number of esters is 1. The number of rotatable bonds is 3. The molecule has 4 aliphatic carbocycles. The highest BCUT2D eigenvalue weighted by atomic mass is 32.2. The van der Waals surface area contributed by atoms with Crippen molar-refractivity contribution < 1.29 is 34.1 Å². The number of ether oxygens (including phenoxy) is 1. The van der Waals surface area contributed by atoms with Crippen LogP contribution in [0.4, 0.5) is 0 Å². The van der Waals surface area contributed by atoms with Crippen LogP contribution in [0.5, 0.6) is 0 Å². The number of thioether (sulfide) groups is 1. The molecule has 4 fully saturated rings. The fourth-order valence-electron chi connectivity index (χ4n) is 8.68. The van der Waals surface area contributed by atoms with Crippen LogP contribution in [-0.4, -0.2) is 61.0 Å². The van der Waals surface area contributed by atoms with Gasteiger partial charge in [-0.05, 0) is 83.1 Å². The third kappa shape index (κ3) is 3.48. The number of allylic oxidation sites excluding steroid dienone is 3. The molecule has 0 aromatic carbocycles. The van der Waals surface area contributed by atoms with Crippen molar-refractivity contribution in [3.8, 4) is 0 Å². The fraction of sp³-hybridized carbons (Fsp3) is 0.714. The average Bonchev–Trinajstić information content (AvgIpc) is 3.29. The summed E-state index contributed by atoms with van der Waals surface area (Å²) in [6.07, 6.45) is 6.49. The molecule has 3 saturated carbocycles. The van der Waals surface area contributed by atoms with Crippen LogP contribution < -0.4 is 0 Å². The Labute approximate surface area is 221 Å². The summed E-state index contributed by atoms with van der Waals surface area (Å²) in [6.45, 7) is 9.13. The number of ketones is 1. The highest BCUT2D eigenvalue weighted by Crippen LogP contribution is 2.68. The summed E-state index contributed by atoms with van der Waals surface area (Å²) >= 11 is 1.48. The summed E-state index contributed by atoms with van der Waals surface area (Å²) in [5.74, 6) is -1.52. The molecule has 6 unspecified atom stereocenters. The Morgan fingerprint density at radius 2 is 1.73 bits per heavy atom. The second kappa shape index (κ2) is 8.35. The Morgan fingerprint density at radius 3 is 2.38 bits per heavy atom. The third-order valence-corrected chi connectivity index (χ3v) is 11.9. The van der Waals surface area contributed by atoms with Gasteiger partial charge in [0.2, 0.25) is 11.5 Å². The van der Waals surface area contributed by atoms with E-state index in [-0.39, 0.29) is 41.6 Å². The lowest BCUT2D eigenvalue weighted by molar-refractivity contribution is -0.204. The minimum atomic E-state index is -1.67. The first-order valence-electron chi connectivity index (χ1n) is 13.3. The average molecular weight is 532 g/mol. The number of nitrogens with zero attached hydrogens (tertiary/aromatic N) is 1. The standard InChI is InChI=1S/C28H37NO7S/c1-15(30)29-21(14-37-25(29,2)3)23(33)36-28(24(34)35)11-9-19-18-7-6-16-12-17(31)13-22(32)27(16,5)20(18)8-10-26(19,28)4/h12-13,18-21,32H,6-11,14H2,1-5H3,(H,34,35)/t18?,19?,20?,21-,26?,27?,28?/m0/s1. The Balaban J connectivity index is 1.46. The van der Waals surface area contributed by atoms with Gasteiger partial charge in [-0.2, -0.15) is 0 Å². The van der Waals surface area contributed by atoms with Crippen LogP contribution in [-0.2, 0) is 23.9 Å². The molecule has 1 saturated heterocycles. The zero-order valence-electron chi connectivity index (χ0n) is 22.2. The largest absolute Gasteiger partial charge is 0.511 e. The monoisotopic (exact) mass is 531 g/mol. The minimum Gasteiger partial charge on any atom is -0.511 e. The number of carboxylic acid groups (broad SMARTS) is 1. The van der Waals surface area contributed by atoms with Crippen LogP contribution in [0.2, 0.25) is 0 Å². The first kappa shape index (κ1) is 26.3. The summed E-state index contributed by atoms with van der Waals surface area (Å²) in [5, 5.41) is 21.5. The van der Waals surface area contributed by atoms with Crippen LogP contribution in [0, 0.1) is 28.6 Å². The number of carboxylic acids is 1. The number of aliphatic carboxylic acids is 1. The van der Waals surface area contributed by atoms with Crippen molar-refractivity contribution in [1.29, 1.82) is 0 Å². The van der Waals surface area contributed by atoms with Crippen LogP contribution in [0.3, 0.4) is 0 Å². The van der Waals surface area contributed by atoms with Gasteiger partial charge in [0.15, 0.2) is 5.78 Å². The summed E-state index contributed by atoms with van der Waals surface area (Å²) in [7, 11) is 0. The van der Waals surface area contributed by atoms with Gasteiger partial charge in [0.1, 0.15) is 11.8 Å². The van der Waals surface area contributed by atoms with Gasteiger partial charge in [0.05, 0.1) is 4.87 Å². The fourth-order valence-corrected chi connectivity index (χ4v) is 9.92. The first-order chi connectivity index (χ1) is 17.2. The van der Waals surface area contributed by atoms with Crippen molar-refractivity contribution in [2.45, 2.75) is 89.7 Å². The summed E-state index contributed by atoms with van der Waals surface area (Å²) in [6, 6.07) is -0.823. The predicted octanol–water partition coefficient (Wildman–Crippen LogP) is 4.25. The molecule has 1 aliphatic heterocycles. The Bertz CT molecular complexity index is 1140. The molecule has 202 valence electrons. The number of aliphatic hydroxyl groups is 1. The van der Waals surface area contributed by atoms with Crippen molar-refractivity contribution >= 4 is 35.4 Å². The smallest absolute Gasteiger partial charge is 0.348 e. The number of fused-ring (bicyclic) bond motifs is 5. The lowest BCUT2D eigenvalue weighted by Gasteiger charge is -2.58. The van der Waals surface area contributed by atoms with Gasteiger partial charge in [-0.15, -0.1) is 11.8 Å². The molecule has 5 aliphatic rings. The van der Waals surface area contributed by atoms with E-state index in [1.165, 1.54) is 29.7 Å². The molecule has 0 spiro atoms. The Morgan fingerprint density at radius 1 is 1.05 bits per heavy atom. The Kier molecular flexibility index (Phi) is 5.94. The first-order valence-corrected chi connectivity index (χ1v) is 14.2. The van der Waals surface area contributed by atoms with Crippen LogP contribution in [0.25, 0.3) is 0 Å². The lowest BCUT2D eigenvalue weighted by atomic mass is 9.47. The van der Waals surface area contributed by atoms with E-state index in [1.807, 2.05) is 27.7 Å². The number of hydrogen-bond donors (Lipinski definition) is 2. The van der Waals surface area contributed by atoms with E-state index in [0.717, 1.165) is 12.0 Å². The van der Waals surface area contributed by atoms with E-state index in [1.54, 1.807) is 6.08 Å². The SMILES string of the molecule is CC(=O)N1[C@H](C(=O)OC2(C(=O)O)CCC3C4CCC5=CC(=O)C=C(O)C5(C)C4CCC32C)CSC1(C)C. The van der Waals surface area contributed by atoms with Gasteiger partial charge in [-0.3, -0.25) is 9.59 Å². The molecular formula is C28H37NO7S. The van der Waals surface area contributed by atoms with Gasteiger partial charge in [0.25, 0.3) is 0 Å². The molecule has 0 bridgehead atoms. The quantitative estimate of drug-likeness (QED) is 0.519. The molecule has 7 atom stereocenters. The topological polar surface area (TPSA) is 121 Å². The predicted molar refractivity (Wildman–Crippen MR) is 137 cm³/mol. The molecule has 5 rings (SSSR count). The molecule has 2 N–H and O–H groups in total.